The van der Waals surface area contributed by atoms with E-state index in [4.69, 9.17) is 9.47 Å². The van der Waals surface area contributed by atoms with Gasteiger partial charge in [-0.3, -0.25) is 5.32 Å². The van der Waals surface area contributed by atoms with Crippen LogP contribution in [-0.2, 0) is 4.74 Å². The van der Waals surface area contributed by atoms with Gasteiger partial charge < -0.3 is 14.8 Å². The summed E-state index contributed by atoms with van der Waals surface area (Å²) in [7, 11) is 1.58. The zero-order chi connectivity index (χ0) is 17.0. The molecule has 1 saturated carbocycles. The summed E-state index contributed by atoms with van der Waals surface area (Å²) in [6.07, 6.45) is 3.14. The Labute approximate surface area is 138 Å². The Hall–Kier alpha value is -1.91. The standard InChI is InChI=1S/C18H28N2O3/c1-12-6-7-13(10-12)19-14-8-9-16(22-5)15(11-14)20-17(21)23-18(2,3)4/h8-9,11-13,19H,6-7,10H2,1-5H3,(H,20,21). The normalized spacial score (nSPS) is 20.9. The van der Waals surface area contributed by atoms with Crippen LogP contribution in [0, 0.1) is 5.92 Å². The van der Waals surface area contributed by atoms with E-state index in [-0.39, 0.29) is 0 Å². The molecule has 0 radical (unpaired) electrons. The molecule has 5 heteroatoms. The van der Waals surface area contributed by atoms with Crippen LogP contribution in [0.3, 0.4) is 0 Å². The molecular weight excluding hydrogens is 292 g/mol. The number of carbonyl (C=O) groups excluding carboxylic acids is 1. The molecule has 0 heterocycles. The minimum absolute atomic E-state index is 0.484. The van der Waals surface area contributed by atoms with Crippen LogP contribution in [0.5, 0.6) is 5.75 Å². The van der Waals surface area contributed by atoms with Gasteiger partial charge >= 0.3 is 6.09 Å². The summed E-state index contributed by atoms with van der Waals surface area (Å²) in [5.41, 5.74) is 1.06. The minimum atomic E-state index is -0.535. The van der Waals surface area contributed by atoms with Crippen molar-refractivity contribution in [3.05, 3.63) is 18.2 Å². The molecular formula is C18H28N2O3. The van der Waals surface area contributed by atoms with Gasteiger partial charge in [0, 0.05) is 11.7 Å². The van der Waals surface area contributed by atoms with E-state index >= 15 is 0 Å². The zero-order valence-electron chi connectivity index (χ0n) is 14.7. The highest BCUT2D eigenvalue weighted by Gasteiger charge is 2.22. The Morgan fingerprint density at radius 3 is 2.57 bits per heavy atom. The van der Waals surface area contributed by atoms with Crippen molar-refractivity contribution in [3.63, 3.8) is 0 Å². The lowest BCUT2D eigenvalue weighted by molar-refractivity contribution is 0.0635. The fourth-order valence-electron chi connectivity index (χ4n) is 2.88. The first kappa shape index (κ1) is 17.4. The number of benzene rings is 1. The van der Waals surface area contributed by atoms with Gasteiger partial charge in [0.15, 0.2) is 0 Å². The zero-order valence-corrected chi connectivity index (χ0v) is 14.7. The molecule has 1 aliphatic carbocycles. The molecule has 0 bridgehead atoms. The molecule has 1 aromatic carbocycles. The van der Waals surface area contributed by atoms with Crippen molar-refractivity contribution in [1.82, 2.24) is 0 Å². The molecule has 2 N–H and O–H groups in total. The Kier molecular flexibility index (Phi) is 5.39. The van der Waals surface area contributed by atoms with Crippen LogP contribution in [0.25, 0.3) is 0 Å². The molecule has 2 unspecified atom stereocenters. The molecule has 0 spiro atoms. The molecule has 128 valence electrons. The SMILES string of the molecule is COc1ccc(NC2CCC(C)C2)cc1NC(=O)OC(C)(C)C. The molecule has 1 aromatic rings. The number of amides is 1. The maximum atomic E-state index is 12.0. The monoisotopic (exact) mass is 320 g/mol. The van der Waals surface area contributed by atoms with Crippen molar-refractivity contribution >= 4 is 17.5 Å². The average molecular weight is 320 g/mol. The lowest BCUT2D eigenvalue weighted by atomic mass is 10.1. The van der Waals surface area contributed by atoms with Crippen molar-refractivity contribution in [2.24, 2.45) is 5.92 Å². The third-order valence-electron chi connectivity index (χ3n) is 3.90. The highest BCUT2D eigenvalue weighted by Crippen LogP contribution is 2.32. The van der Waals surface area contributed by atoms with E-state index in [0.29, 0.717) is 17.5 Å². The second kappa shape index (κ2) is 7.11. The van der Waals surface area contributed by atoms with E-state index < -0.39 is 11.7 Å². The number of rotatable bonds is 4. The number of methoxy groups -OCH3 is 1. The minimum Gasteiger partial charge on any atom is -0.495 e. The molecule has 1 fully saturated rings. The molecule has 2 rings (SSSR count). The maximum Gasteiger partial charge on any atom is 0.412 e. The first-order valence-electron chi connectivity index (χ1n) is 8.21. The van der Waals surface area contributed by atoms with Crippen LogP contribution in [0.15, 0.2) is 18.2 Å². The van der Waals surface area contributed by atoms with Crippen LogP contribution in [0.1, 0.15) is 47.0 Å². The van der Waals surface area contributed by atoms with Crippen LogP contribution in [0.4, 0.5) is 16.2 Å². The molecule has 5 nitrogen and oxygen atoms in total. The molecule has 0 aliphatic heterocycles. The lowest BCUT2D eigenvalue weighted by Gasteiger charge is -2.21. The number of ether oxygens (including phenoxy) is 2. The molecule has 0 aromatic heterocycles. The number of carbonyl (C=O) groups is 1. The van der Waals surface area contributed by atoms with Gasteiger partial charge in [0.1, 0.15) is 11.4 Å². The van der Waals surface area contributed by atoms with Gasteiger partial charge in [-0.1, -0.05) is 6.92 Å². The first-order valence-corrected chi connectivity index (χ1v) is 8.21. The summed E-state index contributed by atoms with van der Waals surface area (Å²) in [6.45, 7) is 7.79. The highest BCUT2D eigenvalue weighted by molar-refractivity contribution is 5.88. The van der Waals surface area contributed by atoms with Gasteiger partial charge in [-0.2, -0.15) is 0 Å². The Morgan fingerprint density at radius 1 is 1.26 bits per heavy atom. The van der Waals surface area contributed by atoms with Gasteiger partial charge in [0.05, 0.1) is 12.8 Å². The first-order chi connectivity index (χ1) is 10.8. The van der Waals surface area contributed by atoms with E-state index in [9.17, 15) is 4.79 Å². The second-order valence-electron chi connectivity index (χ2n) is 7.30. The van der Waals surface area contributed by atoms with Crippen molar-refractivity contribution in [2.45, 2.75) is 58.6 Å². The Morgan fingerprint density at radius 2 is 2.00 bits per heavy atom. The van der Waals surface area contributed by atoms with Gasteiger partial charge in [-0.05, 0) is 64.2 Å². The topological polar surface area (TPSA) is 59.6 Å². The third-order valence-corrected chi connectivity index (χ3v) is 3.90. The predicted molar refractivity (Wildman–Crippen MR) is 93.3 cm³/mol. The van der Waals surface area contributed by atoms with Crippen LogP contribution < -0.4 is 15.4 Å². The number of hydrogen-bond acceptors (Lipinski definition) is 4. The van der Waals surface area contributed by atoms with Crippen molar-refractivity contribution in [1.29, 1.82) is 0 Å². The fourth-order valence-corrected chi connectivity index (χ4v) is 2.88. The van der Waals surface area contributed by atoms with Crippen molar-refractivity contribution in [2.75, 3.05) is 17.7 Å². The largest absolute Gasteiger partial charge is 0.495 e. The highest BCUT2D eigenvalue weighted by atomic mass is 16.6. The Balaban J connectivity index is 2.07. The second-order valence-corrected chi connectivity index (χ2v) is 7.30. The molecule has 1 amide bonds. The van der Waals surface area contributed by atoms with Crippen molar-refractivity contribution < 1.29 is 14.3 Å². The maximum absolute atomic E-state index is 12.0. The van der Waals surface area contributed by atoms with E-state index in [1.54, 1.807) is 7.11 Å². The van der Waals surface area contributed by atoms with E-state index in [0.717, 1.165) is 11.6 Å². The van der Waals surface area contributed by atoms with E-state index in [1.807, 2.05) is 39.0 Å². The lowest BCUT2D eigenvalue weighted by Crippen LogP contribution is -2.27. The fraction of sp³-hybridized carbons (Fsp3) is 0.611. The summed E-state index contributed by atoms with van der Waals surface area (Å²) >= 11 is 0. The molecule has 23 heavy (non-hydrogen) atoms. The molecule has 1 aliphatic rings. The van der Waals surface area contributed by atoms with Gasteiger partial charge in [0.2, 0.25) is 0 Å². The molecule has 0 saturated heterocycles. The van der Waals surface area contributed by atoms with Crippen LogP contribution in [0.2, 0.25) is 0 Å². The third kappa shape index (κ3) is 5.34. The Bertz CT molecular complexity index is 552. The van der Waals surface area contributed by atoms with Gasteiger partial charge in [0.25, 0.3) is 0 Å². The summed E-state index contributed by atoms with van der Waals surface area (Å²) < 4.78 is 10.6. The molecule has 2 atom stereocenters. The quantitative estimate of drug-likeness (QED) is 0.848. The van der Waals surface area contributed by atoms with Crippen molar-refractivity contribution in [3.8, 4) is 5.75 Å². The number of hydrogen-bond donors (Lipinski definition) is 2. The summed E-state index contributed by atoms with van der Waals surface area (Å²) in [4.78, 5) is 12.0. The van der Waals surface area contributed by atoms with Gasteiger partial charge in [-0.15, -0.1) is 0 Å². The summed E-state index contributed by atoms with van der Waals surface area (Å²) in [5, 5.41) is 6.30. The summed E-state index contributed by atoms with van der Waals surface area (Å²) in [5.74, 6) is 1.38. The van der Waals surface area contributed by atoms with E-state index in [2.05, 4.69) is 17.6 Å². The number of anilines is 2. The van der Waals surface area contributed by atoms with Gasteiger partial charge in [-0.25, -0.2) is 4.79 Å². The van der Waals surface area contributed by atoms with Crippen LogP contribution >= 0.6 is 0 Å². The number of nitrogens with one attached hydrogen (secondary N) is 2. The van der Waals surface area contributed by atoms with Crippen LogP contribution in [-0.4, -0.2) is 24.8 Å². The summed E-state index contributed by atoms with van der Waals surface area (Å²) in [6, 6.07) is 6.22. The average Bonchev–Trinajstić information content (AvgIpc) is 2.82. The van der Waals surface area contributed by atoms with E-state index in [1.165, 1.54) is 19.3 Å². The smallest absolute Gasteiger partial charge is 0.412 e. The predicted octanol–water partition coefficient (Wildman–Crippen LogP) is 4.64.